The van der Waals surface area contributed by atoms with E-state index in [4.69, 9.17) is 4.74 Å². The molecular weight excluding hydrogens is 352 g/mol. The third-order valence-corrected chi connectivity index (χ3v) is 11.7. The highest BCUT2D eigenvalue weighted by Gasteiger charge is 2.55. The van der Waals surface area contributed by atoms with Crippen LogP contribution in [0.2, 0.25) is 10.6 Å². The zero-order chi connectivity index (χ0) is 20.1. The lowest BCUT2D eigenvalue weighted by Gasteiger charge is -2.49. The van der Waals surface area contributed by atoms with E-state index in [9.17, 15) is 9.90 Å². The summed E-state index contributed by atoms with van der Waals surface area (Å²) < 4.78 is 5.55. The van der Waals surface area contributed by atoms with Crippen molar-refractivity contribution < 1.29 is 14.6 Å². The van der Waals surface area contributed by atoms with Crippen LogP contribution in [0, 0.1) is 0 Å². The summed E-state index contributed by atoms with van der Waals surface area (Å²) in [5.74, 6) is -0.923. The van der Waals surface area contributed by atoms with Crippen molar-refractivity contribution in [3.63, 3.8) is 0 Å². The molecule has 0 fully saturated rings. The summed E-state index contributed by atoms with van der Waals surface area (Å²) >= 11 is 0. The van der Waals surface area contributed by atoms with E-state index in [-0.39, 0.29) is 10.6 Å². The standard InChI is InChI=1S/C23H30O3Si/c1-6-13-20(21(26-5)22(24)25)27(23(2,3)4,18-14-9-7-10-15-18)19-16-11-8-12-17-19/h6-17,20-21H,1-5H3,(H,24,25)/b13-6+/t20-,21-/m1/s1. The Balaban J connectivity index is 2.95. The normalized spacial score (nSPS) is 14.9. The van der Waals surface area contributed by atoms with Crippen molar-refractivity contribution in [3.05, 3.63) is 72.8 Å². The van der Waals surface area contributed by atoms with Crippen LogP contribution in [-0.4, -0.2) is 32.4 Å². The molecule has 3 nitrogen and oxygen atoms in total. The number of allylic oxidation sites excluding steroid dienone is 1. The molecule has 4 heteroatoms. The Morgan fingerprint density at radius 2 is 1.44 bits per heavy atom. The molecule has 2 aromatic carbocycles. The number of benzene rings is 2. The first-order chi connectivity index (χ1) is 12.8. The second-order valence-electron chi connectivity index (χ2n) is 7.84. The first-order valence-corrected chi connectivity index (χ1v) is 11.4. The van der Waals surface area contributed by atoms with Crippen LogP contribution in [0.15, 0.2) is 72.8 Å². The Bertz CT molecular complexity index is 724. The maximum absolute atomic E-state index is 12.1. The minimum atomic E-state index is -2.64. The monoisotopic (exact) mass is 382 g/mol. The van der Waals surface area contributed by atoms with Gasteiger partial charge in [-0.15, -0.1) is 0 Å². The molecule has 0 saturated carbocycles. The van der Waals surface area contributed by atoms with E-state index in [2.05, 4.69) is 45.0 Å². The first-order valence-electron chi connectivity index (χ1n) is 9.30. The molecule has 144 valence electrons. The van der Waals surface area contributed by atoms with E-state index >= 15 is 0 Å². The summed E-state index contributed by atoms with van der Waals surface area (Å²) in [5, 5.41) is 12.2. The van der Waals surface area contributed by atoms with Crippen molar-refractivity contribution in [2.45, 2.75) is 44.4 Å². The molecule has 0 aliphatic rings. The highest BCUT2D eigenvalue weighted by Crippen LogP contribution is 2.46. The van der Waals surface area contributed by atoms with Gasteiger partial charge in [-0.05, 0) is 12.0 Å². The fourth-order valence-corrected chi connectivity index (χ4v) is 10.9. The van der Waals surface area contributed by atoms with Crippen LogP contribution < -0.4 is 10.4 Å². The Morgan fingerprint density at radius 1 is 1.00 bits per heavy atom. The molecule has 0 bridgehead atoms. The second-order valence-corrected chi connectivity index (χ2v) is 12.8. The van der Waals surface area contributed by atoms with Crippen LogP contribution in [0.1, 0.15) is 27.7 Å². The summed E-state index contributed by atoms with van der Waals surface area (Å²) in [6, 6.07) is 20.8. The van der Waals surface area contributed by atoms with Crippen molar-refractivity contribution in [3.8, 4) is 0 Å². The third kappa shape index (κ3) is 3.92. The van der Waals surface area contributed by atoms with Gasteiger partial charge in [0, 0.05) is 12.7 Å². The lowest BCUT2D eigenvalue weighted by molar-refractivity contribution is -0.148. The molecule has 0 spiro atoms. The molecule has 0 aliphatic carbocycles. The van der Waals surface area contributed by atoms with Gasteiger partial charge in [0.2, 0.25) is 0 Å². The molecule has 0 radical (unpaired) electrons. The number of rotatable bonds is 7. The summed E-state index contributed by atoms with van der Waals surface area (Å²) in [4.78, 5) is 12.1. The lowest BCUT2D eigenvalue weighted by atomic mass is 10.2. The van der Waals surface area contributed by atoms with Crippen molar-refractivity contribution >= 4 is 24.4 Å². The zero-order valence-electron chi connectivity index (χ0n) is 16.8. The van der Waals surface area contributed by atoms with Gasteiger partial charge in [0.25, 0.3) is 0 Å². The van der Waals surface area contributed by atoms with Crippen molar-refractivity contribution in [1.82, 2.24) is 0 Å². The maximum atomic E-state index is 12.1. The van der Waals surface area contributed by atoms with Crippen molar-refractivity contribution in [2.75, 3.05) is 7.11 Å². The van der Waals surface area contributed by atoms with Crippen LogP contribution in [0.25, 0.3) is 0 Å². The molecule has 0 saturated heterocycles. The van der Waals surface area contributed by atoms with Gasteiger partial charge >= 0.3 is 5.97 Å². The van der Waals surface area contributed by atoms with Gasteiger partial charge < -0.3 is 9.84 Å². The molecular formula is C23H30O3Si. The number of hydrogen-bond donors (Lipinski definition) is 1. The summed E-state index contributed by atoms with van der Waals surface area (Å²) in [5.41, 5.74) is -0.255. The largest absolute Gasteiger partial charge is 0.479 e. The molecule has 27 heavy (non-hydrogen) atoms. The van der Waals surface area contributed by atoms with Crippen LogP contribution in [0.5, 0.6) is 0 Å². The van der Waals surface area contributed by atoms with E-state index < -0.39 is 20.1 Å². The number of aliphatic carboxylic acids is 1. The van der Waals surface area contributed by atoms with Gasteiger partial charge in [-0.3, -0.25) is 0 Å². The van der Waals surface area contributed by atoms with Crippen LogP contribution in [0.4, 0.5) is 0 Å². The van der Waals surface area contributed by atoms with Gasteiger partial charge in [-0.25, -0.2) is 4.79 Å². The quantitative estimate of drug-likeness (QED) is 0.579. The molecule has 0 aliphatic heterocycles. The van der Waals surface area contributed by atoms with Crippen molar-refractivity contribution in [2.24, 2.45) is 0 Å². The third-order valence-electron chi connectivity index (χ3n) is 5.36. The molecule has 2 aromatic rings. The predicted octanol–water partition coefficient (Wildman–Crippen LogP) is 4.10. The smallest absolute Gasteiger partial charge is 0.333 e. The van der Waals surface area contributed by atoms with Gasteiger partial charge in [0.1, 0.15) is 8.07 Å². The van der Waals surface area contributed by atoms with Gasteiger partial charge in [-0.2, -0.15) is 0 Å². The minimum absolute atomic E-state index is 0.147. The topological polar surface area (TPSA) is 46.5 Å². The van der Waals surface area contributed by atoms with E-state index in [1.54, 1.807) is 0 Å². The van der Waals surface area contributed by atoms with Gasteiger partial charge in [0.05, 0.1) is 0 Å². The molecule has 0 heterocycles. The number of methoxy groups -OCH3 is 1. The zero-order valence-corrected chi connectivity index (χ0v) is 17.8. The summed E-state index contributed by atoms with van der Waals surface area (Å²) in [6.07, 6.45) is 3.09. The van der Waals surface area contributed by atoms with Crippen LogP contribution >= 0.6 is 0 Å². The molecule has 2 atom stereocenters. The van der Waals surface area contributed by atoms with Crippen LogP contribution in [0.3, 0.4) is 0 Å². The van der Waals surface area contributed by atoms with Crippen molar-refractivity contribution in [1.29, 1.82) is 0 Å². The molecule has 0 amide bonds. The Kier molecular flexibility index (Phi) is 6.79. The highest BCUT2D eigenvalue weighted by atomic mass is 28.3. The minimum Gasteiger partial charge on any atom is -0.479 e. The summed E-state index contributed by atoms with van der Waals surface area (Å²) in [7, 11) is -1.15. The molecule has 0 unspecified atom stereocenters. The number of hydrogen-bond acceptors (Lipinski definition) is 2. The molecule has 0 aromatic heterocycles. The number of carbonyl (C=O) groups is 1. The SMILES string of the molecule is C/C=C/[C@H]([C@@H](OC)C(=O)O)[Si](c1ccccc1)(c1ccccc1)C(C)(C)C. The Labute approximate surface area is 163 Å². The maximum Gasteiger partial charge on any atom is 0.333 e. The Hall–Kier alpha value is -2.17. The van der Waals surface area contributed by atoms with E-state index in [0.29, 0.717) is 0 Å². The highest BCUT2D eigenvalue weighted by molar-refractivity contribution is 7.05. The molecule has 2 rings (SSSR count). The van der Waals surface area contributed by atoms with Crippen LogP contribution in [-0.2, 0) is 9.53 Å². The van der Waals surface area contributed by atoms with E-state index in [0.717, 1.165) is 0 Å². The average molecular weight is 383 g/mol. The van der Waals surface area contributed by atoms with E-state index in [1.807, 2.05) is 55.5 Å². The van der Waals surface area contributed by atoms with Gasteiger partial charge in [-0.1, -0.05) is 104 Å². The average Bonchev–Trinajstić information content (AvgIpc) is 2.63. The predicted molar refractivity (Wildman–Crippen MR) is 115 cm³/mol. The summed E-state index contributed by atoms with van der Waals surface area (Å²) in [6.45, 7) is 8.62. The fraction of sp³-hybridized carbons (Fsp3) is 0.348. The number of ether oxygens (including phenoxy) is 1. The van der Waals surface area contributed by atoms with E-state index in [1.165, 1.54) is 17.5 Å². The Morgan fingerprint density at radius 3 is 1.74 bits per heavy atom. The second kappa shape index (κ2) is 8.68. The number of carboxylic acids is 1. The first kappa shape index (κ1) is 21.1. The number of carboxylic acid groups (broad SMARTS) is 1. The lowest BCUT2D eigenvalue weighted by Crippen LogP contribution is -2.69. The molecule has 1 N–H and O–H groups in total. The van der Waals surface area contributed by atoms with Gasteiger partial charge in [0.15, 0.2) is 6.10 Å². The fourth-order valence-electron chi connectivity index (χ4n) is 4.40.